The molecule has 32 heavy (non-hydrogen) atoms. The number of nitro benzene ring substituents is 2. The summed E-state index contributed by atoms with van der Waals surface area (Å²) in [5.41, 5.74) is -0.582. The lowest BCUT2D eigenvalue weighted by atomic mass is 10.1. The summed E-state index contributed by atoms with van der Waals surface area (Å²) in [5, 5.41) is 22.8. The summed E-state index contributed by atoms with van der Waals surface area (Å²) in [6.45, 7) is 0.723. The Bertz CT molecular complexity index is 1140. The number of nitrogens with zero attached hydrogens (tertiary/aromatic N) is 5. The Balaban J connectivity index is 0.00000363. The molecule has 0 aliphatic carbocycles. The molecule has 11 nitrogen and oxygen atoms in total. The minimum atomic E-state index is -0.766. The van der Waals surface area contributed by atoms with Crippen molar-refractivity contribution in [2.75, 3.05) is 39.2 Å². The van der Waals surface area contributed by atoms with Gasteiger partial charge >= 0.3 is 0 Å². The molecule has 0 aliphatic rings. The van der Waals surface area contributed by atoms with Gasteiger partial charge in [-0.25, -0.2) is 4.98 Å². The number of aromatic nitrogens is 1. The van der Waals surface area contributed by atoms with Gasteiger partial charge in [0.1, 0.15) is 5.75 Å². The quantitative estimate of drug-likeness (QED) is 0.351. The lowest BCUT2D eigenvalue weighted by Gasteiger charge is -2.22. The highest BCUT2D eigenvalue weighted by molar-refractivity contribution is 7.22. The summed E-state index contributed by atoms with van der Waals surface area (Å²) in [6, 6.07) is 8.23. The van der Waals surface area contributed by atoms with Crippen LogP contribution in [0.15, 0.2) is 36.4 Å². The number of likely N-dealkylation sites (N-methyl/N-ethyl adjacent to an activating group) is 1. The fraction of sp³-hybridized carbons (Fsp3) is 0.263. The van der Waals surface area contributed by atoms with Gasteiger partial charge in [0.25, 0.3) is 17.3 Å². The van der Waals surface area contributed by atoms with Crippen LogP contribution in [-0.4, -0.2) is 59.9 Å². The van der Waals surface area contributed by atoms with Crippen LogP contribution in [-0.2, 0) is 0 Å². The van der Waals surface area contributed by atoms with Crippen LogP contribution >= 0.6 is 23.7 Å². The van der Waals surface area contributed by atoms with Gasteiger partial charge in [-0.1, -0.05) is 11.3 Å². The van der Waals surface area contributed by atoms with Gasteiger partial charge < -0.3 is 9.64 Å². The number of thiazole rings is 1. The van der Waals surface area contributed by atoms with Crippen molar-refractivity contribution in [2.45, 2.75) is 0 Å². The van der Waals surface area contributed by atoms with Crippen LogP contribution in [0.25, 0.3) is 10.2 Å². The zero-order valence-corrected chi connectivity index (χ0v) is 19.0. The van der Waals surface area contributed by atoms with Crippen molar-refractivity contribution in [3.05, 3.63) is 62.2 Å². The third-order valence-corrected chi connectivity index (χ3v) is 5.46. The van der Waals surface area contributed by atoms with E-state index in [1.54, 1.807) is 12.1 Å². The molecule has 0 fully saturated rings. The molecule has 0 radical (unpaired) electrons. The van der Waals surface area contributed by atoms with Gasteiger partial charge in [-0.05, 0) is 26.2 Å². The van der Waals surface area contributed by atoms with E-state index in [-0.39, 0.29) is 24.5 Å². The number of amides is 1. The molecule has 0 spiro atoms. The van der Waals surface area contributed by atoms with Crippen LogP contribution in [0.2, 0.25) is 0 Å². The number of rotatable bonds is 8. The molecule has 170 valence electrons. The Hall–Kier alpha value is -3.35. The van der Waals surface area contributed by atoms with Gasteiger partial charge in [0.15, 0.2) is 5.13 Å². The van der Waals surface area contributed by atoms with Crippen LogP contribution in [0.4, 0.5) is 16.5 Å². The van der Waals surface area contributed by atoms with Crippen LogP contribution in [0.5, 0.6) is 5.75 Å². The zero-order chi connectivity index (χ0) is 22.7. The molecule has 3 rings (SSSR count). The average molecular weight is 482 g/mol. The molecule has 2 aromatic carbocycles. The molecular formula is C19H20ClN5O6S. The molecule has 0 bridgehead atoms. The normalized spacial score (nSPS) is 10.6. The van der Waals surface area contributed by atoms with E-state index in [1.165, 1.54) is 23.3 Å². The largest absolute Gasteiger partial charge is 0.497 e. The van der Waals surface area contributed by atoms with Crippen molar-refractivity contribution in [3.8, 4) is 5.75 Å². The lowest BCUT2D eigenvalue weighted by Crippen LogP contribution is -2.36. The number of carbonyl (C=O) groups is 1. The smallest absolute Gasteiger partial charge is 0.277 e. The standard InChI is InChI=1S/C19H19N5O6S.ClH/c1-21(2)6-7-22(19-20-16-11-15(30-3)4-5-17(16)31-19)18(25)12-8-13(23(26)27)10-14(9-12)24(28)29;/h4-5,8-11H,6-7H2,1-3H3;1H. The molecule has 0 saturated heterocycles. The van der Waals surface area contributed by atoms with Gasteiger partial charge in [-0.2, -0.15) is 0 Å². The monoisotopic (exact) mass is 481 g/mol. The average Bonchev–Trinajstić information content (AvgIpc) is 3.15. The third-order valence-electron chi connectivity index (χ3n) is 4.40. The molecule has 1 amide bonds. The van der Waals surface area contributed by atoms with Crippen molar-refractivity contribution in [3.63, 3.8) is 0 Å². The molecule has 1 aromatic heterocycles. The first-order chi connectivity index (χ1) is 14.7. The maximum Gasteiger partial charge on any atom is 0.277 e. The van der Waals surface area contributed by atoms with Gasteiger partial charge in [0, 0.05) is 31.3 Å². The summed E-state index contributed by atoms with van der Waals surface area (Å²) in [4.78, 5) is 42.0. The van der Waals surface area contributed by atoms with Gasteiger partial charge in [0.2, 0.25) is 0 Å². The predicted octanol–water partition coefficient (Wildman–Crippen LogP) is 3.75. The number of ether oxygens (including phenoxy) is 1. The van der Waals surface area contributed by atoms with E-state index in [2.05, 4.69) is 4.98 Å². The number of methoxy groups -OCH3 is 1. The van der Waals surface area contributed by atoms with Crippen molar-refractivity contribution < 1.29 is 19.4 Å². The van der Waals surface area contributed by atoms with Gasteiger partial charge in [-0.3, -0.25) is 29.9 Å². The van der Waals surface area contributed by atoms with E-state index in [4.69, 9.17) is 4.74 Å². The highest BCUT2D eigenvalue weighted by Gasteiger charge is 2.26. The molecule has 1 heterocycles. The second-order valence-corrected chi connectivity index (χ2v) is 7.85. The number of nitro groups is 2. The zero-order valence-electron chi connectivity index (χ0n) is 17.4. The summed E-state index contributed by atoms with van der Waals surface area (Å²) < 4.78 is 6.03. The van der Waals surface area contributed by atoms with Crippen LogP contribution in [0.3, 0.4) is 0 Å². The molecular weight excluding hydrogens is 462 g/mol. The number of halogens is 1. The number of hydrogen-bond acceptors (Lipinski definition) is 9. The molecule has 13 heteroatoms. The fourth-order valence-electron chi connectivity index (χ4n) is 2.81. The van der Waals surface area contributed by atoms with E-state index in [0.29, 0.717) is 22.9 Å². The summed E-state index contributed by atoms with van der Waals surface area (Å²) >= 11 is 1.27. The Labute approximate surface area is 192 Å². The number of non-ortho nitro benzene ring substituents is 2. The first-order valence-electron chi connectivity index (χ1n) is 9.04. The number of benzene rings is 2. The maximum atomic E-state index is 13.3. The molecule has 0 saturated carbocycles. The van der Waals surface area contributed by atoms with E-state index >= 15 is 0 Å². The fourth-order valence-corrected chi connectivity index (χ4v) is 3.78. The Morgan fingerprint density at radius 2 is 1.69 bits per heavy atom. The second-order valence-electron chi connectivity index (χ2n) is 6.84. The molecule has 0 atom stereocenters. The molecule has 0 N–H and O–H groups in total. The highest BCUT2D eigenvalue weighted by atomic mass is 35.5. The molecule has 0 aliphatic heterocycles. The maximum absolute atomic E-state index is 13.3. The first-order valence-corrected chi connectivity index (χ1v) is 9.86. The van der Waals surface area contributed by atoms with E-state index in [1.807, 2.05) is 25.1 Å². The molecule has 3 aromatic rings. The lowest BCUT2D eigenvalue weighted by molar-refractivity contribution is -0.394. The predicted molar refractivity (Wildman–Crippen MR) is 123 cm³/mol. The number of hydrogen-bond donors (Lipinski definition) is 0. The Morgan fingerprint density at radius 1 is 1.06 bits per heavy atom. The summed E-state index contributed by atoms with van der Waals surface area (Å²) in [6.07, 6.45) is 0. The minimum absolute atomic E-state index is 0. The number of anilines is 1. The summed E-state index contributed by atoms with van der Waals surface area (Å²) in [7, 11) is 5.21. The topological polar surface area (TPSA) is 132 Å². The van der Waals surface area contributed by atoms with E-state index in [0.717, 1.165) is 22.9 Å². The second kappa shape index (κ2) is 10.3. The van der Waals surface area contributed by atoms with Crippen molar-refractivity contribution in [2.24, 2.45) is 0 Å². The van der Waals surface area contributed by atoms with Crippen molar-refractivity contribution in [1.82, 2.24) is 9.88 Å². The minimum Gasteiger partial charge on any atom is -0.497 e. The van der Waals surface area contributed by atoms with Crippen molar-refractivity contribution in [1.29, 1.82) is 0 Å². The van der Waals surface area contributed by atoms with Crippen LogP contribution in [0, 0.1) is 20.2 Å². The Morgan fingerprint density at radius 3 is 2.22 bits per heavy atom. The van der Waals surface area contributed by atoms with Crippen molar-refractivity contribution >= 4 is 56.4 Å². The third kappa shape index (κ3) is 5.46. The SMILES string of the molecule is COc1ccc2sc(N(CCN(C)C)C(=O)c3cc([N+](=O)[O-])cc([N+](=O)[O-])c3)nc2c1.Cl. The number of carbonyl (C=O) groups excluding carboxylic acids is 1. The highest BCUT2D eigenvalue weighted by Crippen LogP contribution is 2.32. The Kier molecular flexibility index (Phi) is 8.02. The van der Waals surface area contributed by atoms with E-state index < -0.39 is 27.1 Å². The van der Waals surface area contributed by atoms with Gasteiger partial charge in [-0.15, -0.1) is 12.4 Å². The van der Waals surface area contributed by atoms with Gasteiger partial charge in [0.05, 0.1) is 38.8 Å². The summed E-state index contributed by atoms with van der Waals surface area (Å²) in [5.74, 6) is 0.00416. The first kappa shape index (κ1) is 24.9. The van der Waals surface area contributed by atoms with E-state index in [9.17, 15) is 25.0 Å². The number of fused-ring (bicyclic) bond motifs is 1. The van der Waals surface area contributed by atoms with Crippen LogP contribution < -0.4 is 9.64 Å². The molecule has 0 unspecified atom stereocenters. The van der Waals surface area contributed by atoms with Crippen LogP contribution in [0.1, 0.15) is 10.4 Å².